The Kier molecular flexibility index (Phi) is 4.25. The molecule has 5 nitrogen and oxygen atoms in total. The maximum atomic E-state index is 12.3. The lowest BCUT2D eigenvalue weighted by Gasteiger charge is -2.23. The number of amides is 2. The minimum Gasteiger partial charge on any atom is -0.479 e. The molecule has 0 radical (unpaired) electrons. The summed E-state index contributed by atoms with van der Waals surface area (Å²) in [7, 11) is 0. The molecule has 2 aromatic carbocycles. The zero-order valence-corrected chi connectivity index (χ0v) is 14.0. The highest BCUT2D eigenvalue weighted by Crippen LogP contribution is 2.30. The van der Waals surface area contributed by atoms with Crippen LogP contribution in [-0.2, 0) is 16.0 Å². The number of para-hydroxylation sites is 1. The third kappa shape index (κ3) is 3.25. The third-order valence-corrected chi connectivity index (χ3v) is 4.09. The molecule has 0 fully saturated rings. The molecule has 124 valence electrons. The second-order valence-electron chi connectivity index (χ2n) is 6.07. The summed E-state index contributed by atoms with van der Waals surface area (Å²) in [6.07, 6.45) is -0.275. The van der Waals surface area contributed by atoms with E-state index in [0.29, 0.717) is 11.4 Å². The van der Waals surface area contributed by atoms with Gasteiger partial charge in [-0.3, -0.25) is 9.59 Å². The largest absolute Gasteiger partial charge is 0.479 e. The van der Waals surface area contributed by atoms with Crippen LogP contribution >= 0.6 is 0 Å². The first-order valence-electron chi connectivity index (χ1n) is 7.90. The Balaban J connectivity index is 1.74. The van der Waals surface area contributed by atoms with Crippen molar-refractivity contribution in [3.8, 4) is 5.75 Å². The van der Waals surface area contributed by atoms with E-state index in [9.17, 15) is 9.59 Å². The number of anilines is 2. The fourth-order valence-electron chi connectivity index (χ4n) is 2.75. The highest BCUT2D eigenvalue weighted by Gasteiger charge is 2.23. The van der Waals surface area contributed by atoms with Crippen LogP contribution in [0.15, 0.2) is 36.4 Å². The number of fused-ring (bicyclic) bond motifs is 1. The molecule has 1 unspecified atom stereocenters. The van der Waals surface area contributed by atoms with E-state index < -0.39 is 6.10 Å². The second kappa shape index (κ2) is 6.35. The molecular weight excluding hydrogens is 304 g/mol. The summed E-state index contributed by atoms with van der Waals surface area (Å²) in [5, 5.41) is 5.76. The minimum atomic E-state index is -0.504. The number of hydrogen-bond acceptors (Lipinski definition) is 3. The molecule has 0 bridgehead atoms. The monoisotopic (exact) mass is 324 g/mol. The van der Waals surface area contributed by atoms with Crippen LogP contribution in [0.4, 0.5) is 11.4 Å². The number of benzene rings is 2. The zero-order chi connectivity index (χ0) is 17.3. The average molecular weight is 324 g/mol. The zero-order valence-electron chi connectivity index (χ0n) is 14.0. The lowest BCUT2D eigenvalue weighted by atomic mass is 10.1. The number of rotatable bonds is 3. The van der Waals surface area contributed by atoms with Gasteiger partial charge in [-0.15, -0.1) is 0 Å². The van der Waals surface area contributed by atoms with Crippen molar-refractivity contribution in [3.63, 3.8) is 0 Å². The summed E-state index contributed by atoms with van der Waals surface area (Å²) in [5.41, 5.74) is 4.34. The molecule has 2 aromatic rings. The Morgan fingerprint density at radius 2 is 1.92 bits per heavy atom. The normalized spacial score (nSPS) is 16.0. The maximum absolute atomic E-state index is 12.3. The Morgan fingerprint density at radius 1 is 1.21 bits per heavy atom. The topological polar surface area (TPSA) is 67.4 Å². The molecule has 0 saturated heterocycles. The first kappa shape index (κ1) is 16.1. The molecule has 2 amide bonds. The van der Waals surface area contributed by atoms with Gasteiger partial charge in [0.15, 0.2) is 6.10 Å². The fraction of sp³-hybridized carbons (Fsp3) is 0.263. The summed E-state index contributed by atoms with van der Waals surface area (Å²) >= 11 is 0. The molecule has 3 rings (SSSR count). The second-order valence-corrected chi connectivity index (χ2v) is 6.07. The number of carbonyl (C=O) groups is 2. The van der Waals surface area contributed by atoms with Gasteiger partial charge in [0.05, 0.1) is 12.1 Å². The summed E-state index contributed by atoms with van der Waals surface area (Å²) in [6.45, 7) is 5.63. The van der Waals surface area contributed by atoms with Gasteiger partial charge >= 0.3 is 0 Å². The molecular formula is C19H20N2O3. The van der Waals surface area contributed by atoms with E-state index in [4.69, 9.17) is 4.74 Å². The van der Waals surface area contributed by atoms with Crippen molar-refractivity contribution in [2.45, 2.75) is 33.3 Å². The summed E-state index contributed by atoms with van der Waals surface area (Å²) in [6, 6.07) is 11.3. The van der Waals surface area contributed by atoms with Crippen LogP contribution in [0.5, 0.6) is 5.75 Å². The summed E-state index contributed by atoms with van der Waals surface area (Å²) in [5.74, 6) is 0.351. The van der Waals surface area contributed by atoms with Crippen molar-refractivity contribution in [1.29, 1.82) is 0 Å². The van der Waals surface area contributed by atoms with Crippen LogP contribution in [-0.4, -0.2) is 17.9 Å². The molecule has 0 saturated carbocycles. The quantitative estimate of drug-likeness (QED) is 0.911. The van der Waals surface area contributed by atoms with Crippen molar-refractivity contribution in [1.82, 2.24) is 0 Å². The van der Waals surface area contributed by atoms with Crippen molar-refractivity contribution in [2.24, 2.45) is 0 Å². The third-order valence-electron chi connectivity index (χ3n) is 4.09. The van der Waals surface area contributed by atoms with Gasteiger partial charge in [-0.1, -0.05) is 24.3 Å². The molecule has 2 N–H and O–H groups in total. The maximum Gasteiger partial charge on any atom is 0.265 e. The van der Waals surface area contributed by atoms with Crippen LogP contribution in [0, 0.1) is 13.8 Å². The number of ether oxygens (including phenoxy) is 1. The first-order chi connectivity index (χ1) is 11.4. The molecule has 5 heteroatoms. The van der Waals surface area contributed by atoms with E-state index >= 15 is 0 Å². The van der Waals surface area contributed by atoms with Crippen molar-refractivity contribution in [3.05, 3.63) is 53.1 Å². The van der Waals surface area contributed by atoms with E-state index in [2.05, 4.69) is 10.6 Å². The lowest BCUT2D eigenvalue weighted by Crippen LogP contribution is -2.34. The number of nitrogens with one attached hydrogen (secondary N) is 2. The van der Waals surface area contributed by atoms with Gasteiger partial charge in [0.2, 0.25) is 5.91 Å². The van der Waals surface area contributed by atoms with Crippen LogP contribution in [0.1, 0.15) is 23.6 Å². The standard InChI is InChI=1S/C19H20N2O3/c1-11-5-4-6-12(2)18(11)21-17(22)10-14-7-8-16-15(9-14)20-19(23)13(3)24-16/h4-9,13H,10H2,1-3H3,(H,20,23)(H,21,22). The molecule has 0 aliphatic carbocycles. The van der Waals surface area contributed by atoms with E-state index in [0.717, 1.165) is 22.4 Å². The van der Waals surface area contributed by atoms with Gasteiger partial charge in [-0.2, -0.15) is 0 Å². The number of carbonyl (C=O) groups excluding carboxylic acids is 2. The van der Waals surface area contributed by atoms with Gasteiger partial charge in [0.1, 0.15) is 5.75 Å². The Morgan fingerprint density at radius 3 is 2.62 bits per heavy atom. The predicted octanol–water partition coefficient (Wildman–Crippen LogP) is 3.20. The lowest BCUT2D eigenvalue weighted by molar-refractivity contribution is -0.122. The van der Waals surface area contributed by atoms with Crippen LogP contribution in [0.3, 0.4) is 0 Å². The van der Waals surface area contributed by atoms with Gasteiger partial charge in [-0.05, 0) is 49.6 Å². The first-order valence-corrected chi connectivity index (χ1v) is 7.90. The average Bonchev–Trinajstić information content (AvgIpc) is 2.52. The molecule has 1 aliphatic heterocycles. The van der Waals surface area contributed by atoms with Crippen LogP contribution in [0.25, 0.3) is 0 Å². The number of hydrogen-bond donors (Lipinski definition) is 2. The molecule has 1 heterocycles. The highest BCUT2D eigenvalue weighted by atomic mass is 16.5. The Labute approximate surface area is 141 Å². The van der Waals surface area contributed by atoms with E-state index in [1.807, 2.05) is 38.1 Å². The Bertz CT molecular complexity index is 794. The minimum absolute atomic E-state index is 0.0937. The van der Waals surface area contributed by atoms with Gasteiger partial charge in [0, 0.05) is 5.69 Å². The molecule has 0 spiro atoms. The van der Waals surface area contributed by atoms with Crippen molar-refractivity contribution >= 4 is 23.2 Å². The van der Waals surface area contributed by atoms with Crippen LogP contribution in [0.2, 0.25) is 0 Å². The Hall–Kier alpha value is -2.82. The predicted molar refractivity (Wildman–Crippen MR) is 93.4 cm³/mol. The SMILES string of the molecule is Cc1cccc(C)c1NC(=O)Cc1ccc2c(c1)NC(=O)C(C)O2. The molecule has 1 aliphatic rings. The van der Waals surface area contributed by atoms with Gasteiger partial charge in [-0.25, -0.2) is 0 Å². The van der Waals surface area contributed by atoms with E-state index in [-0.39, 0.29) is 18.2 Å². The smallest absolute Gasteiger partial charge is 0.265 e. The van der Waals surface area contributed by atoms with Gasteiger partial charge < -0.3 is 15.4 Å². The van der Waals surface area contributed by atoms with Crippen molar-refractivity contribution < 1.29 is 14.3 Å². The van der Waals surface area contributed by atoms with Crippen LogP contribution < -0.4 is 15.4 Å². The van der Waals surface area contributed by atoms with Crippen molar-refractivity contribution in [2.75, 3.05) is 10.6 Å². The van der Waals surface area contributed by atoms with E-state index in [1.54, 1.807) is 19.1 Å². The molecule has 24 heavy (non-hydrogen) atoms. The van der Waals surface area contributed by atoms with E-state index in [1.165, 1.54) is 0 Å². The summed E-state index contributed by atoms with van der Waals surface area (Å²) < 4.78 is 5.52. The fourth-order valence-corrected chi connectivity index (χ4v) is 2.75. The highest BCUT2D eigenvalue weighted by molar-refractivity contribution is 5.98. The number of aryl methyl sites for hydroxylation is 2. The molecule has 1 atom stereocenters. The summed E-state index contributed by atoms with van der Waals surface area (Å²) in [4.78, 5) is 24.0. The van der Waals surface area contributed by atoms with Gasteiger partial charge in [0.25, 0.3) is 5.91 Å². The molecule has 0 aromatic heterocycles.